The van der Waals surface area contributed by atoms with Crippen molar-refractivity contribution in [3.05, 3.63) is 24.3 Å². The highest BCUT2D eigenvalue weighted by Gasteiger charge is 2.49. The van der Waals surface area contributed by atoms with Gasteiger partial charge in [0.25, 0.3) is 5.91 Å². The van der Waals surface area contributed by atoms with Crippen LogP contribution in [0.1, 0.15) is 39.5 Å². The van der Waals surface area contributed by atoms with Gasteiger partial charge >= 0.3 is 6.03 Å². The Kier molecular flexibility index (Phi) is 5.16. The summed E-state index contributed by atoms with van der Waals surface area (Å²) in [5, 5.41) is 5.40. The summed E-state index contributed by atoms with van der Waals surface area (Å²) in [6.45, 7) is 3.97. The minimum atomic E-state index is -0.923. The molecular weight excluding hydrogens is 348 g/mol. The van der Waals surface area contributed by atoms with E-state index in [4.69, 9.17) is 0 Å². The van der Waals surface area contributed by atoms with Crippen LogP contribution >= 0.6 is 0 Å². The van der Waals surface area contributed by atoms with Crippen LogP contribution in [0.4, 0.5) is 16.2 Å². The van der Waals surface area contributed by atoms with Crippen molar-refractivity contribution in [3.8, 4) is 0 Å². The summed E-state index contributed by atoms with van der Waals surface area (Å²) in [7, 11) is 0. The number of nitrogens with one attached hydrogen (secondary N) is 2. The van der Waals surface area contributed by atoms with Gasteiger partial charge in [-0.2, -0.15) is 0 Å². The van der Waals surface area contributed by atoms with Crippen molar-refractivity contribution < 1.29 is 19.2 Å². The van der Waals surface area contributed by atoms with Gasteiger partial charge in [-0.3, -0.25) is 19.3 Å². The van der Waals surface area contributed by atoms with E-state index in [0.29, 0.717) is 31.5 Å². The van der Waals surface area contributed by atoms with Crippen molar-refractivity contribution in [2.45, 2.75) is 45.1 Å². The number of carbonyl (C=O) groups excluding carboxylic acids is 4. The van der Waals surface area contributed by atoms with Gasteiger partial charge in [0.2, 0.25) is 11.8 Å². The van der Waals surface area contributed by atoms with Gasteiger partial charge in [0.05, 0.1) is 0 Å². The van der Waals surface area contributed by atoms with E-state index in [0.717, 1.165) is 17.0 Å². The third kappa shape index (κ3) is 3.51. The van der Waals surface area contributed by atoms with Gasteiger partial charge in [0, 0.05) is 24.3 Å². The Labute approximate surface area is 157 Å². The average Bonchev–Trinajstić information content (AvgIpc) is 3.18. The van der Waals surface area contributed by atoms with Crippen molar-refractivity contribution in [1.29, 1.82) is 0 Å². The molecule has 0 atom stereocenters. The van der Waals surface area contributed by atoms with Crippen molar-refractivity contribution in [1.82, 2.24) is 10.2 Å². The minimum absolute atomic E-state index is 0.0632. The zero-order valence-electron chi connectivity index (χ0n) is 15.6. The predicted octanol–water partition coefficient (Wildman–Crippen LogP) is 1.86. The fourth-order valence-corrected chi connectivity index (χ4v) is 3.57. The van der Waals surface area contributed by atoms with E-state index in [1.807, 2.05) is 19.9 Å². The van der Waals surface area contributed by atoms with Crippen LogP contribution in [0.25, 0.3) is 0 Å². The Morgan fingerprint density at radius 1 is 1.22 bits per heavy atom. The second-order valence-corrected chi connectivity index (χ2v) is 6.86. The van der Waals surface area contributed by atoms with Crippen LogP contribution in [0.3, 0.4) is 0 Å². The summed E-state index contributed by atoms with van der Waals surface area (Å²) in [4.78, 5) is 51.6. The molecule has 2 fully saturated rings. The molecule has 2 heterocycles. The summed E-state index contributed by atoms with van der Waals surface area (Å²) in [5.74, 6) is -0.774. The number of hydrogen-bond donors (Lipinski definition) is 2. The Hall–Kier alpha value is -2.90. The molecule has 5 amide bonds. The number of carbonyl (C=O) groups is 4. The third-order valence-electron chi connectivity index (χ3n) is 5.27. The molecule has 144 valence electrons. The molecule has 1 aromatic rings. The lowest BCUT2D eigenvalue weighted by Gasteiger charge is -2.23. The monoisotopic (exact) mass is 372 g/mol. The zero-order chi connectivity index (χ0) is 19.6. The van der Waals surface area contributed by atoms with Crippen molar-refractivity contribution in [2.75, 3.05) is 23.3 Å². The Morgan fingerprint density at radius 3 is 2.56 bits per heavy atom. The van der Waals surface area contributed by atoms with E-state index in [9.17, 15) is 19.2 Å². The van der Waals surface area contributed by atoms with Crippen LogP contribution in [-0.2, 0) is 14.4 Å². The van der Waals surface area contributed by atoms with Crippen LogP contribution in [0, 0.1) is 0 Å². The predicted molar refractivity (Wildman–Crippen MR) is 100 cm³/mol. The first-order valence-electron chi connectivity index (χ1n) is 9.24. The summed E-state index contributed by atoms with van der Waals surface area (Å²) < 4.78 is 0. The van der Waals surface area contributed by atoms with Crippen LogP contribution in [0.15, 0.2) is 24.3 Å². The van der Waals surface area contributed by atoms with Crippen LogP contribution in [0.5, 0.6) is 0 Å². The minimum Gasteiger partial charge on any atom is -0.324 e. The number of benzene rings is 1. The van der Waals surface area contributed by atoms with Gasteiger partial charge in [-0.05, 0) is 37.5 Å². The molecule has 2 saturated heterocycles. The van der Waals surface area contributed by atoms with Gasteiger partial charge in [0.1, 0.15) is 12.1 Å². The normalized spacial score (nSPS) is 18.8. The molecule has 2 aliphatic rings. The van der Waals surface area contributed by atoms with E-state index in [1.54, 1.807) is 23.1 Å². The first-order chi connectivity index (χ1) is 12.9. The topological polar surface area (TPSA) is 98.8 Å². The van der Waals surface area contributed by atoms with E-state index < -0.39 is 17.5 Å². The zero-order valence-corrected chi connectivity index (χ0v) is 15.6. The molecule has 0 saturated carbocycles. The first-order valence-corrected chi connectivity index (χ1v) is 9.24. The van der Waals surface area contributed by atoms with Crippen molar-refractivity contribution in [3.63, 3.8) is 0 Å². The highest BCUT2D eigenvalue weighted by atomic mass is 16.2. The molecule has 0 unspecified atom stereocenters. The Bertz CT molecular complexity index is 788. The average molecular weight is 372 g/mol. The van der Waals surface area contributed by atoms with Gasteiger partial charge in [-0.1, -0.05) is 19.9 Å². The maximum absolute atomic E-state index is 12.6. The number of amides is 5. The van der Waals surface area contributed by atoms with E-state index >= 15 is 0 Å². The molecule has 0 aliphatic carbocycles. The fraction of sp³-hybridized carbons (Fsp3) is 0.474. The molecular formula is C19H24N4O4. The lowest BCUT2D eigenvalue weighted by atomic mass is 9.93. The van der Waals surface area contributed by atoms with Crippen molar-refractivity contribution >= 4 is 35.1 Å². The van der Waals surface area contributed by atoms with Crippen LogP contribution in [-0.4, -0.2) is 47.3 Å². The van der Waals surface area contributed by atoms with Crippen LogP contribution in [0.2, 0.25) is 0 Å². The Morgan fingerprint density at radius 2 is 1.96 bits per heavy atom. The van der Waals surface area contributed by atoms with E-state index in [-0.39, 0.29) is 18.4 Å². The maximum Gasteiger partial charge on any atom is 0.325 e. The van der Waals surface area contributed by atoms with Gasteiger partial charge in [0.15, 0.2) is 0 Å². The van der Waals surface area contributed by atoms with Crippen molar-refractivity contribution in [2.24, 2.45) is 0 Å². The second-order valence-electron chi connectivity index (χ2n) is 6.86. The highest BCUT2D eigenvalue weighted by molar-refractivity contribution is 6.10. The molecule has 0 radical (unpaired) electrons. The molecule has 8 nitrogen and oxygen atoms in total. The van der Waals surface area contributed by atoms with Crippen LogP contribution < -0.4 is 15.5 Å². The lowest BCUT2D eigenvalue weighted by molar-refractivity contribution is -0.134. The molecule has 0 bridgehead atoms. The number of nitrogens with zero attached hydrogens (tertiary/aromatic N) is 2. The Balaban J connectivity index is 1.67. The fourth-order valence-electron chi connectivity index (χ4n) is 3.57. The first kappa shape index (κ1) is 18.9. The molecule has 1 aromatic carbocycles. The summed E-state index contributed by atoms with van der Waals surface area (Å²) in [6, 6.07) is 6.44. The number of anilines is 2. The lowest BCUT2D eigenvalue weighted by Crippen LogP contribution is -2.46. The maximum atomic E-state index is 12.6. The third-order valence-corrected chi connectivity index (χ3v) is 5.27. The number of urea groups is 1. The van der Waals surface area contributed by atoms with E-state index in [2.05, 4.69) is 10.6 Å². The standard InChI is InChI=1S/C19H24N4O4/c1-3-19(4-2)17(26)23(18(27)21-19)12-15(24)20-13-7-5-8-14(11-13)22-10-6-9-16(22)25/h5,7-8,11H,3-4,6,9-10,12H2,1-2H3,(H,20,24)(H,21,27). The number of hydrogen-bond acceptors (Lipinski definition) is 4. The molecule has 0 aromatic heterocycles. The number of imide groups is 1. The second kappa shape index (κ2) is 7.38. The van der Waals surface area contributed by atoms with Gasteiger partial charge < -0.3 is 15.5 Å². The molecule has 27 heavy (non-hydrogen) atoms. The van der Waals surface area contributed by atoms with Gasteiger partial charge in [-0.15, -0.1) is 0 Å². The smallest absolute Gasteiger partial charge is 0.324 e. The summed E-state index contributed by atoms with van der Waals surface area (Å²) >= 11 is 0. The number of rotatable bonds is 6. The molecule has 2 aliphatic heterocycles. The summed E-state index contributed by atoms with van der Waals surface area (Å²) in [5.41, 5.74) is 0.315. The molecule has 2 N–H and O–H groups in total. The van der Waals surface area contributed by atoms with E-state index in [1.165, 1.54) is 0 Å². The highest BCUT2D eigenvalue weighted by Crippen LogP contribution is 2.26. The SMILES string of the molecule is CCC1(CC)NC(=O)N(CC(=O)Nc2cccc(N3CCCC3=O)c2)C1=O. The summed E-state index contributed by atoms with van der Waals surface area (Å²) in [6.07, 6.45) is 2.29. The quantitative estimate of drug-likeness (QED) is 0.745. The molecule has 3 rings (SSSR count). The molecule has 8 heteroatoms. The van der Waals surface area contributed by atoms with Gasteiger partial charge in [-0.25, -0.2) is 4.79 Å². The molecule has 0 spiro atoms. The largest absolute Gasteiger partial charge is 0.325 e.